The van der Waals surface area contributed by atoms with Crippen LogP contribution < -0.4 is 9.47 Å². The van der Waals surface area contributed by atoms with Gasteiger partial charge in [0.05, 0.1) is 25.4 Å². The number of hydrogen-bond donors (Lipinski definition) is 0. The van der Waals surface area contributed by atoms with E-state index in [9.17, 15) is 0 Å². The van der Waals surface area contributed by atoms with Crippen molar-refractivity contribution in [2.24, 2.45) is 5.92 Å². The molecule has 1 unspecified atom stereocenters. The third-order valence-corrected chi connectivity index (χ3v) is 3.93. The fourth-order valence-electron chi connectivity index (χ4n) is 2.10. The smallest absolute Gasteiger partial charge is 0.124 e. The van der Waals surface area contributed by atoms with Crippen molar-refractivity contribution in [3.05, 3.63) is 23.3 Å². The van der Waals surface area contributed by atoms with E-state index in [1.54, 1.807) is 0 Å². The molecule has 0 aliphatic heterocycles. The average Bonchev–Trinajstić information content (AvgIpc) is 2.52. The second kappa shape index (κ2) is 10.2. The maximum absolute atomic E-state index is 7.82. The fourth-order valence-corrected chi connectivity index (χ4v) is 2.40. The van der Waals surface area contributed by atoms with E-state index < -0.39 is 11.7 Å². The number of benzene rings is 1. The third-order valence-electron chi connectivity index (χ3n) is 3.52. The second-order valence-electron chi connectivity index (χ2n) is 4.97. The van der Waals surface area contributed by atoms with Crippen LogP contribution in [0.25, 0.3) is 0 Å². The molecule has 21 heavy (non-hydrogen) atoms. The van der Waals surface area contributed by atoms with E-state index in [4.69, 9.17) is 38.2 Å². The number of ether oxygens (including phenoxy) is 2. The Hall–Kier alpha value is -0.600. The van der Waals surface area contributed by atoms with E-state index in [2.05, 4.69) is 13.8 Å². The molecule has 0 N–H and O–H groups in total. The van der Waals surface area contributed by atoms with Crippen LogP contribution in [-0.4, -0.2) is 13.7 Å². The molecule has 1 aromatic rings. The molecule has 0 spiro atoms. The minimum absolute atomic E-state index is 0.0814. The Balaban J connectivity index is 3.21. The molecule has 0 radical (unpaired) electrons. The van der Waals surface area contributed by atoms with Crippen LogP contribution >= 0.6 is 23.2 Å². The summed E-state index contributed by atoms with van der Waals surface area (Å²) in [6.07, 6.45) is 4.17. The van der Waals surface area contributed by atoms with Gasteiger partial charge in [-0.3, -0.25) is 0 Å². The quantitative estimate of drug-likeness (QED) is 0.505. The molecule has 1 aromatic carbocycles. The zero-order valence-corrected chi connectivity index (χ0v) is 14.4. The highest BCUT2D eigenvalue weighted by molar-refractivity contribution is 6.18. The van der Waals surface area contributed by atoms with E-state index in [-0.39, 0.29) is 22.6 Å². The Morgan fingerprint density at radius 1 is 1.14 bits per heavy atom. The Morgan fingerprint density at radius 3 is 2.29 bits per heavy atom. The fraction of sp³-hybridized carbons (Fsp3) is 0.647. The highest BCUT2D eigenvalue weighted by Gasteiger charge is 2.13. The average molecular weight is 337 g/mol. The molecule has 0 fully saturated rings. The molecule has 0 saturated heterocycles. The van der Waals surface area contributed by atoms with Crippen LogP contribution in [0.4, 0.5) is 0 Å². The lowest BCUT2D eigenvalue weighted by Gasteiger charge is -2.18. The first-order valence-corrected chi connectivity index (χ1v) is 8.03. The molecular weight excluding hydrogens is 307 g/mol. The van der Waals surface area contributed by atoms with Crippen LogP contribution in [0, 0.1) is 5.92 Å². The van der Waals surface area contributed by atoms with Gasteiger partial charge in [-0.15, -0.1) is 23.2 Å². The van der Waals surface area contributed by atoms with Gasteiger partial charge in [0.15, 0.2) is 0 Å². The molecule has 0 amide bonds. The number of alkyl halides is 2. The molecule has 120 valence electrons. The molecule has 4 heteroatoms. The Morgan fingerprint density at radius 2 is 1.76 bits per heavy atom. The minimum Gasteiger partial charge on any atom is -0.496 e. The Kier molecular flexibility index (Phi) is 6.25. The Bertz CT molecular complexity index is 557. The van der Waals surface area contributed by atoms with Crippen molar-refractivity contribution >= 4 is 23.2 Å². The maximum Gasteiger partial charge on any atom is 0.124 e. The summed E-state index contributed by atoms with van der Waals surface area (Å²) < 4.78 is 42.2. The van der Waals surface area contributed by atoms with E-state index in [1.807, 2.05) is 0 Å². The highest BCUT2D eigenvalue weighted by atomic mass is 35.5. The number of methoxy groups -OCH3 is 1. The predicted octanol–water partition coefficient (Wildman–Crippen LogP) is 5.77. The molecule has 1 atom stereocenters. The van der Waals surface area contributed by atoms with Crippen LogP contribution in [-0.2, 0) is 11.7 Å². The van der Waals surface area contributed by atoms with Gasteiger partial charge in [0.1, 0.15) is 11.5 Å². The monoisotopic (exact) mass is 336 g/mol. The number of unbranched alkanes of at least 4 members (excludes halogenated alkanes) is 1. The second-order valence-corrected chi connectivity index (χ2v) is 5.34. The topological polar surface area (TPSA) is 18.5 Å². The van der Waals surface area contributed by atoms with Gasteiger partial charge in [0.25, 0.3) is 0 Å². The van der Waals surface area contributed by atoms with Crippen molar-refractivity contribution in [2.45, 2.75) is 51.2 Å². The van der Waals surface area contributed by atoms with Gasteiger partial charge in [-0.1, -0.05) is 33.1 Å². The molecule has 0 saturated carbocycles. The molecule has 0 aliphatic rings. The summed E-state index contributed by atoms with van der Waals surface area (Å²) in [6.45, 7) is 4.63. The summed E-state index contributed by atoms with van der Waals surface area (Å²) >= 11 is 11.7. The normalized spacial score (nSPS) is 16.4. The highest BCUT2D eigenvalue weighted by Crippen LogP contribution is 2.31. The van der Waals surface area contributed by atoms with Gasteiger partial charge in [0.2, 0.25) is 0 Å². The summed E-state index contributed by atoms with van der Waals surface area (Å²) in [7, 11) is 1.37. The summed E-state index contributed by atoms with van der Waals surface area (Å²) in [5.41, 5.74) is 0.180. The van der Waals surface area contributed by atoms with Crippen molar-refractivity contribution in [3.63, 3.8) is 0 Å². The SMILES string of the molecule is [2H]C([2H])(Cl)c1cc(OCC(CC)CCCC)c(C([2H])([2H])Cl)cc1OC. The lowest BCUT2D eigenvalue weighted by atomic mass is 10.0. The van der Waals surface area contributed by atoms with Crippen molar-refractivity contribution < 1.29 is 15.0 Å². The van der Waals surface area contributed by atoms with E-state index in [0.717, 1.165) is 25.7 Å². The first kappa shape index (κ1) is 12.9. The van der Waals surface area contributed by atoms with Gasteiger partial charge in [-0.05, 0) is 24.5 Å². The predicted molar refractivity (Wildman–Crippen MR) is 90.9 cm³/mol. The largest absolute Gasteiger partial charge is 0.496 e. The van der Waals surface area contributed by atoms with E-state index >= 15 is 0 Å². The molecule has 0 aliphatic carbocycles. The van der Waals surface area contributed by atoms with E-state index in [1.165, 1.54) is 19.2 Å². The molecule has 0 bridgehead atoms. The summed E-state index contributed by atoms with van der Waals surface area (Å²) in [4.78, 5) is 0. The lowest BCUT2D eigenvalue weighted by molar-refractivity contribution is 0.231. The number of halogens is 2. The molecule has 2 nitrogen and oxygen atoms in total. The zero-order chi connectivity index (χ0) is 19.3. The van der Waals surface area contributed by atoms with Crippen LogP contribution in [0.3, 0.4) is 0 Å². The lowest BCUT2D eigenvalue weighted by Crippen LogP contribution is -2.12. The third kappa shape index (κ3) is 5.60. The van der Waals surface area contributed by atoms with Gasteiger partial charge in [-0.2, -0.15) is 0 Å². The van der Waals surface area contributed by atoms with Crippen LogP contribution in [0.5, 0.6) is 11.5 Å². The Labute approximate surface area is 144 Å². The van der Waals surface area contributed by atoms with Crippen molar-refractivity contribution in [3.8, 4) is 11.5 Å². The van der Waals surface area contributed by atoms with Gasteiger partial charge in [0, 0.05) is 16.6 Å². The van der Waals surface area contributed by atoms with Crippen LogP contribution in [0.2, 0.25) is 0 Å². The molecule has 0 aromatic heterocycles. The minimum atomic E-state index is -2.18. The van der Waals surface area contributed by atoms with Crippen molar-refractivity contribution in [1.82, 2.24) is 0 Å². The van der Waals surface area contributed by atoms with Gasteiger partial charge >= 0.3 is 0 Å². The van der Waals surface area contributed by atoms with Gasteiger partial charge in [-0.25, -0.2) is 0 Å². The van der Waals surface area contributed by atoms with Gasteiger partial charge < -0.3 is 9.47 Å². The molecular formula is C17H26Cl2O2. The summed E-state index contributed by atoms with van der Waals surface area (Å²) in [5, 5.41) is 0. The van der Waals surface area contributed by atoms with Crippen molar-refractivity contribution in [2.75, 3.05) is 13.7 Å². The zero-order valence-electron chi connectivity index (χ0n) is 16.8. The first-order valence-electron chi connectivity index (χ1n) is 9.28. The molecule has 0 heterocycles. The standard InChI is InChI=1S/C17H26Cl2O2/c1-4-6-7-13(5-2)12-21-17-9-14(10-18)16(20-3)8-15(17)11-19/h8-9,13H,4-7,10-12H2,1-3H3/i10D2,11D2. The summed E-state index contributed by atoms with van der Waals surface area (Å²) in [6, 6.07) is 2.73. The van der Waals surface area contributed by atoms with E-state index in [0.29, 0.717) is 12.5 Å². The van der Waals surface area contributed by atoms with Crippen LogP contribution in [0.15, 0.2) is 12.1 Å². The first-order chi connectivity index (χ1) is 11.5. The summed E-state index contributed by atoms with van der Waals surface area (Å²) in [5.74, 6) is -3.69. The van der Waals surface area contributed by atoms with Crippen molar-refractivity contribution in [1.29, 1.82) is 0 Å². The maximum atomic E-state index is 7.82. The number of hydrogen-bond acceptors (Lipinski definition) is 2. The molecule has 1 rings (SSSR count). The number of rotatable bonds is 10. The van der Waals surface area contributed by atoms with Crippen LogP contribution in [0.1, 0.15) is 56.1 Å².